The summed E-state index contributed by atoms with van der Waals surface area (Å²) in [4.78, 5) is 34.3. The molecule has 1 saturated carbocycles. The van der Waals surface area contributed by atoms with Gasteiger partial charge in [-0.15, -0.1) is 5.10 Å². The minimum atomic E-state index is -0.882. The molecule has 4 aromatic rings. The highest BCUT2D eigenvalue weighted by Crippen LogP contribution is 2.40. The number of nitriles is 1. The molecule has 1 aromatic carbocycles. The highest BCUT2D eigenvalue weighted by Gasteiger charge is 2.23. The van der Waals surface area contributed by atoms with E-state index >= 15 is 0 Å². The van der Waals surface area contributed by atoms with Crippen LogP contribution in [0.15, 0.2) is 40.3 Å². The number of H-pyrrole nitrogens is 1. The van der Waals surface area contributed by atoms with Gasteiger partial charge in [-0.1, -0.05) is 23.2 Å². The molecule has 0 spiro atoms. The van der Waals surface area contributed by atoms with Crippen LogP contribution in [-0.2, 0) is 0 Å². The van der Waals surface area contributed by atoms with Crippen molar-refractivity contribution in [3.63, 3.8) is 0 Å². The number of ether oxygens (including phenoxy) is 1. The van der Waals surface area contributed by atoms with Crippen LogP contribution >= 0.6 is 23.2 Å². The topological polar surface area (TPSA) is 131 Å². The van der Waals surface area contributed by atoms with E-state index in [1.165, 1.54) is 24.9 Å². The molecular formula is C20H13Cl2N7O3. The van der Waals surface area contributed by atoms with E-state index in [2.05, 4.69) is 19.6 Å². The summed E-state index contributed by atoms with van der Waals surface area (Å²) in [5.41, 5.74) is -1.29. The maximum atomic E-state index is 12.1. The second kappa shape index (κ2) is 7.78. The highest BCUT2D eigenvalue weighted by molar-refractivity contribution is 6.37. The summed E-state index contributed by atoms with van der Waals surface area (Å²) in [6.45, 7) is 0. The Bertz CT molecular complexity index is 1510. The number of nitrogens with zero attached hydrogens (tertiary/aromatic N) is 6. The van der Waals surface area contributed by atoms with Gasteiger partial charge in [-0.25, -0.2) is 14.8 Å². The maximum absolute atomic E-state index is 12.1. The number of benzene rings is 1. The summed E-state index contributed by atoms with van der Waals surface area (Å²) < 4.78 is 8.87. The van der Waals surface area contributed by atoms with Gasteiger partial charge >= 0.3 is 5.69 Å². The Morgan fingerprint density at radius 3 is 2.59 bits per heavy atom. The van der Waals surface area contributed by atoms with Crippen LogP contribution in [0.3, 0.4) is 0 Å². The lowest BCUT2D eigenvalue weighted by atomic mass is 9.93. The van der Waals surface area contributed by atoms with Crippen molar-refractivity contribution in [2.75, 3.05) is 0 Å². The summed E-state index contributed by atoms with van der Waals surface area (Å²) in [5.74, 6) is 0.419. The maximum Gasteiger partial charge on any atom is 0.349 e. The Hall–Kier alpha value is -3.68. The highest BCUT2D eigenvalue weighted by atomic mass is 35.5. The summed E-state index contributed by atoms with van der Waals surface area (Å²) in [5, 5.41) is 13.6. The van der Waals surface area contributed by atoms with E-state index in [4.69, 9.17) is 33.2 Å². The Labute approximate surface area is 189 Å². The van der Waals surface area contributed by atoms with Gasteiger partial charge in [0.25, 0.3) is 5.56 Å². The predicted octanol–water partition coefficient (Wildman–Crippen LogP) is 3.36. The van der Waals surface area contributed by atoms with Crippen molar-refractivity contribution in [1.82, 2.24) is 29.3 Å². The monoisotopic (exact) mass is 469 g/mol. The van der Waals surface area contributed by atoms with Crippen LogP contribution in [0.1, 0.15) is 31.0 Å². The molecule has 3 heterocycles. The van der Waals surface area contributed by atoms with E-state index < -0.39 is 16.9 Å². The van der Waals surface area contributed by atoms with Crippen LogP contribution in [0, 0.1) is 11.3 Å². The molecule has 1 N–H and O–H groups in total. The average molecular weight is 470 g/mol. The molecule has 0 saturated heterocycles. The lowest BCUT2D eigenvalue weighted by molar-refractivity contribution is 0.320. The van der Waals surface area contributed by atoms with Gasteiger partial charge in [-0.05, 0) is 37.5 Å². The first-order valence-corrected chi connectivity index (χ1v) is 10.3. The first kappa shape index (κ1) is 20.2. The van der Waals surface area contributed by atoms with Crippen molar-refractivity contribution in [2.45, 2.75) is 25.3 Å². The molecule has 32 heavy (non-hydrogen) atoms. The zero-order valence-corrected chi connectivity index (χ0v) is 17.8. The number of hydrogen-bond acceptors (Lipinski definition) is 7. The predicted molar refractivity (Wildman–Crippen MR) is 116 cm³/mol. The minimum Gasteiger partial charge on any atom is -0.435 e. The van der Waals surface area contributed by atoms with Gasteiger partial charge in [-0.2, -0.15) is 9.94 Å². The number of hydrogen-bond donors (Lipinski definition) is 1. The van der Waals surface area contributed by atoms with Gasteiger partial charge < -0.3 is 9.30 Å². The van der Waals surface area contributed by atoms with Crippen molar-refractivity contribution in [3.05, 3.63) is 67.3 Å². The third-order valence-electron chi connectivity index (χ3n) is 5.30. The fourth-order valence-electron chi connectivity index (χ4n) is 3.50. The van der Waals surface area contributed by atoms with Gasteiger partial charge in [0.1, 0.15) is 18.0 Å². The summed E-state index contributed by atoms with van der Waals surface area (Å²) in [6.07, 6.45) is 6.78. The lowest BCUT2D eigenvalue weighted by Gasteiger charge is -2.27. The first-order valence-electron chi connectivity index (χ1n) is 9.59. The van der Waals surface area contributed by atoms with Crippen LogP contribution in [0.25, 0.3) is 16.7 Å². The number of aromatic amines is 1. The quantitative estimate of drug-likeness (QED) is 0.484. The number of rotatable bonds is 4. The normalized spacial score (nSPS) is 13.7. The van der Waals surface area contributed by atoms with Gasteiger partial charge in [0, 0.05) is 12.2 Å². The largest absolute Gasteiger partial charge is 0.435 e. The molecule has 1 fully saturated rings. The van der Waals surface area contributed by atoms with Crippen LogP contribution in [0.5, 0.6) is 11.6 Å². The fraction of sp³-hybridized carbons (Fsp3) is 0.200. The third-order valence-corrected chi connectivity index (χ3v) is 5.86. The SMILES string of the molecule is N#Cc1nn(-c2cc(Cl)c(Oc3ncnc4c3ccn4C3CCC3)c(Cl)c2)c(=O)[nH]c1=O. The van der Waals surface area contributed by atoms with Crippen LogP contribution < -0.4 is 16.0 Å². The van der Waals surface area contributed by atoms with Gasteiger partial charge in [0.05, 0.1) is 21.1 Å². The van der Waals surface area contributed by atoms with Gasteiger partial charge in [-0.3, -0.25) is 9.78 Å². The number of nitrogens with one attached hydrogen (secondary N) is 1. The van der Waals surface area contributed by atoms with Crippen molar-refractivity contribution >= 4 is 34.2 Å². The molecular weight excluding hydrogens is 457 g/mol. The molecule has 12 heteroatoms. The zero-order chi connectivity index (χ0) is 22.4. The van der Waals surface area contributed by atoms with E-state index in [0.717, 1.165) is 23.2 Å². The van der Waals surface area contributed by atoms with Crippen LogP contribution in [0.4, 0.5) is 0 Å². The number of halogens is 2. The molecule has 1 aliphatic carbocycles. The van der Waals surface area contributed by atoms with Gasteiger partial charge in [0.15, 0.2) is 5.75 Å². The molecule has 0 atom stereocenters. The summed E-state index contributed by atoms with van der Waals surface area (Å²) in [7, 11) is 0. The zero-order valence-electron chi connectivity index (χ0n) is 16.2. The lowest BCUT2D eigenvalue weighted by Crippen LogP contribution is -2.33. The third kappa shape index (κ3) is 3.32. The van der Waals surface area contributed by atoms with E-state index in [1.54, 1.807) is 6.07 Å². The fourth-order valence-corrected chi connectivity index (χ4v) is 4.05. The number of aromatic nitrogens is 6. The smallest absolute Gasteiger partial charge is 0.349 e. The average Bonchev–Trinajstić information content (AvgIpc) is 3.14. The Kier molecular flexibility index (Phi) is 4.92. The Morgan fingerprint density at radius 1 is 1.19 bits per heavy atom. The van der Waals surface area contributed by atoms with Crippen molar-refractivity contribution < 1.29 is 4.74 Å². The number of fused-ring (bicyclic) bond motifs is 1. The van der Waals surface area contributed by atoms with E-state index in [-0.39, 0.29) is 27.4 Å². The summed E-state index contributed by atoms with van der Waals surface area (Å²) >= 11 is 12.8. The second-order valence-electron chi connectivity index (χ2n) is 7.20. The standard InChI is InChI=1S/C20H13Cl2N7O3/c21-13-6-11(29-20(31)26-18(30)15(8-23)27-29)7-14(22)16(13)32-19-12-4-5-28(10-2-1-3-10)17(12)24-9-25-19/h4-7,9-10H,1-3H2,(H,26,30,31). The molecule has 1 aliphatic rings. The molecule has 0 radical (unpaired) electrons. The van der Waals surface area contributed by atoms with E-state index in [0.29, 0.717) is 11.4 Å². The van der Waals surface area contributed by atoms with Crippen LogP contribution in [0.2, 0.25) is 10.0 Å². The van der Waals surface area contributed by atoms with Crippen molar-refractivity contribution in [2.24, 2.45) is 0 Å². The summed E-state index contributed by atoms with van der Waals surface area (Å²) in [6, 6.07) is 6.69. The molecule has 0 bridgehead atoms. The van der Waals surface area contributed by atoms with Crippen molar-refractivity contribution in [3.8, 4) is 23.4 Å². The van der Waals surface area contributed by atoms with Crippen molar-refractivity contribution in [1.29, 1.82) is 5.26 Å². The molecule has 10 nitrogen and oxygen atoms in total. The molecule has 0 unspecified atom stereocenters. The molecule has 3 aromatic heterocycles. The van der Waals surface area contributed by atoms with Crippen LogP contribution in [-0.4, -0.2) is 29.3 Å². The molecule has 0 amide bonds. The first-order chi connectivity index (χ1) is 15.5. The minimum absolute atomic E-state index is 0.0797. The molecule has 160 valence electrons. The molecule has 5 rings (SSSR count). The van der Waals surface area contributed by atoms with E-state index in [1.807, 2.05) is 17.2 Å². The van der Waals surface area contributed by atoms with E-state index in [9.17, 15) is 9.59 Å². The Morgan fingerprint density at radius 2 is 1.94 bits per heavy atom. The Balaban J connectivity index is 1.54. The van der Waals surface area contributed by atoms with Gasteiger partial charge in [0.2, 0.25) is 11.6 Å². The second-order valence-corrected chi connectivity index (χ2v) is 8.01. The molecule has 0 aliphatic heterocycles.